The Morgan fingerprint density at radius 2 is 0.883 bits per heavy atom. The maximum atomic E-state index is 14.5. The highest BCUT2D eigenvalue weighted by Crippen LogP contribution is 2.48. The second-order valence-electron chi connectivity index (χ2n) is 13.7. The van der Waals surface area contributed by atoms with Gasteiger partial charge < -0.3 is 18.5 Å². The van der Waals surface area contributed by atoms with Gasteiger partial charge in [0.1, 0.15) is 23.0 Å². The summed E-state index contributed by atoms with van der Waals surface area (Å²) in [6.07, 6.45) is 1.10. The fourth-order valence-corrected chi connectivity index (χ4v) is 8.64. The summed E-state index contributed by atoms with van der Waals surface area (Å²) in [6.45, 7) is 0. The number of ether oxygens (including phenoxy) is 2. The summed E-state index contributed by atoms with van der Waals surface area (Å²) in [5, 5.41) is 2.16. The van der Waals surface area contributed by atoms with Gasteiger partial charge in [-0.2, -0.15) is 0 Å². The summed E-state index contributed by atoms with van der Waals surface area (Å²) in [5.41, 5.74) is 4.12. The molecule has 11 heteroatoms. The van der Waals surface area contributed by atoms with Crippen LogP contribution in [0, 0.1) is 0 Å². The minimum atomic E-state index is -3.93. The van der Waals surface area contributed by atoms with E-state index in [0.29, 0.717) is 33.9 Å². The number of carbonyl (C=O) groups excluding carboxylic acids is 2. The molecule has 0 saturated carbocycles. The van der Waals surface area contributed by atoms with Crippen molar-refractivity contribution in [1.82, 2.24) is 0 Å². The van der Waals surface area contributed by atoms with Gasteiger partial charge in [-0.3, -0.25) is 0 Å². The highest BCUT2D eigenvalue weighted by atomic mass is 32.2. The minimum absolute atomic E-state index is 0.113. The van der Waals surface area contributed by atoms with Crippen molar-refractivity contribution in [3.63, 3.8) is 0 Å². The Balaban J connectivity index is 0.919. The second-order valence-corrected chi connectivity index (χ2v) is 17.6. The molecule has 1 atom stereocenters. The summed E-state index contributed by atoms with van der Waals surface area (Å²) >= 11 is 0. The van der Waals surface area contributed by atoms with Crippen molar-refractivity contribution in [3.05, 3.63) is 205 Å². The summed E-state index contributed by atoms with van der Waals surface area (Å²) in [5.74, 6) is 0.356. The molecule has 0 aliphatic heterocycles. The van der Waals surface area contributed by atoms with Crippen LogP contribution in [0.1, 0.15) is 20.7 Å². The van der Waals surface area contributed by atoms with E-state index in [-0.39, 0.29) is 10.5 Å². The topological polar surface area (TPSA) is 122 Å². The van der Waals surface area contributed by atoms with Crippen LogP contribution in [0.3, 0.4) is 0 Å². The minimum Gasteiger partial charge on any atom is -0.423 e. The molecule has 0 amide bonds. The van der Waals surface area contributed by atoms with Gasteiger partial charge in [0.2, 0.25) is 0 Å². The summed E-state index contributed by atoms with van der Waals surface area (Å²) in [7, 11) is -7.32. The van der Waals surface area contributed by atoms with Crippen LogP contribution in [0.5, 0.6) is 23.0 Å². The van der Waals surface area contributed by atoms with Crippen LogP contribution >= 0.6 is 7.60 Å². The first-order valence-electron chi connectivity index (χ1n) is 18.7. The van der Waals surface area contributed by atoms with Crippen LogP contribution in [-0.2, 0) is 14.4 Å². The molecule has 8 rings (SSSR count). The quantitative estimate of drug-likeness (QED) is 0.0672. The molecule has 60 heavy (non-hydrogen) atoms. The molecule has 0 aliphatic rings. The van der Waals surface area contributed by atoms with Gasteiger partial charge in [0, 0.05) is 6.26 Å². The molecule has 296 valence electrons. The maximum absolute atomic E-state index is 14.5. The largest absolute Gasteiger partial charge is 0.462 e. The van der Waals surface area contributed by atoms with Crippen molar-refractivity contribution in [2.24, 2.45) is 0 Å². The SMILES string of the molecule is CS(=O)(=O)c1ccc(C(=O)Oc2ccc(-c3ccc(OP(=O)(Oc4ccc(-c5ccc(OC(=O)c6cccc7ccccc67)cc5)cc4)c4ccccc4)cc3)cc2)cc1. The Labute approximate surface area is 346 Å². The Bertz CT molecular complexity index is 2960. The lowest BCUT2D eigenvalue weighted by molar-refractivity contribution is 0.0726. The predicted molar refractivity (Wildman–Crippen MR) is 232 cm³/mol. The molecule has 0 bridgehead atoms. The van der Waals surface area contributed by atoms with Crippen molar-refractivity contribution in [1.29, 1.82) is 0 Å². The molecule has 8 aromatic carbocycles. The molecule has 0 N–H and O–H groups in total. The van der Waals surface area contributed by atoms with E-state index >= 15 is 0 Å². The van der Waals surface area contributed by atoms with E-state index in [0.717, 1.165) is 39.3 Å². The standard InChI is InChI=1S/C49H35O9PS/c1-60(53,54)45-32-22-39(23-33-45)48(50)55-40-24-14-34(15-25-40)36-18-28-42(29-19-36)57-59(52,44-10-3-2-4-11-44)58-43-30-20-37(21-31-43)35-16-26-41(27-17-35)56-49(51)47-13-7-9-38-8-5-6-12-46(38)47/h2-33H,1H3. The maximum Gasteiger partial charge on any atom is 0.462 e. The zero-order valence-corrected chi connectivity index (χ0v) is 33.7. The Hall–Kier alpha value is -7.26. The fourth-order valence-electron chi connectivity index (χ4n) is 6.43. The second kappa shape index (κ2) is 16.9. The molecular formula is C49H35O9PS. The molecule has 0 fully saturated rings. The Kier molecular flexibility index (Phi) is 11.2. The van der Waals surface area contributed by atoms with E-state index in [9.17, 15) is 22.6 Å². The molecular weight excluding hydrogens is 796 g/mol. The first-order chi connectivity index (χ1) is 29.0. The van der Waals surface area contributed by atoms with Crippen LogP contribution < -0.4 is 23.8 Å². The van der Waals surface area contributed by atoms with Gasteiger partial charge in [0.25, 0.3) is 0 Å². The van der Waals surface area contributed by atoms with E-state index in [1.807, 2.05) is 78.9 Å². The van der Waals surface area contributed by atoms with Gasteiger partial charge in [0.05, 0.1) is 21.3 Å². The van der Waals surface area contributed by atoms with Gasteiger partial charge in [-0.05, 0) is 124 Å². The first-order valence-corrected chi connectivity index (χ1v) is 22.1. The Morgan fingerprint density at radius 3 is 1.38 bits per heavy atom. The number of hydrogen-bond acceptors (Lipinski definition) is 9. The lowest BCUT2D eigenvalue weighted by atomic mass is 10.0. The smallest absolute Gasteiger partial charge is 0.423 e. The van der Waals surface area contributed by atoms with Gasteiger partial charge in [-0.15, -0.1) is 0 Å². The van der Waals surface area contributed by atoms with Crippen molar-refractivity contribution < 1.29 is 41.1 Å². The van der Waals surface area contributed by atoms with Crippen molar-refractivity contribution in [2.45, 2.75) is 4.90 Å². The van der Waals surface area contributed by atoms with Crippen LogP contribution in [0.4, 0.5) is 0 Å². The number of fused-ring (bicyclic) bond motifs is 1. The number of hydrogen-bond donors (Lipinski definition) is 0. The third-order valence-corrected chi connectivity index (χ3v) is 12.5. The monoisotopic (exact) mass is 830 g/mol. The molecule has 8 aromatic rings. The van der Waals surface area contributed by atoms with E-state index < -0.39 is 29.4 Å². The molecule has 1 unspecified atom stereocenters. The molecule has 0 heterocycles. The number of carbonyl (C=O) groups is 2. The molecule has 0 spiro atoms. The normalized spacial score (nSPS) is 12.2. The van der Waals surface area contributed by atoms with Crippen LogP contribution in [0.2, 0.25) is 0 Å². The van der Waals surface area contributed by atoms with E-state index in [1.165, 1.54) is 24.3 Å². The molecule has 0 aliphatic carbocycles. The highest BCUT2D eigenvalue weighted by Gasteiger charge is 2.31. The van der Waals surface area contributed by atoms with E-state index in [2.05, 4.69) is 0 Å². The number of esters is 2. The summed E-state index contributed by atoms with van der Waals surface area (Å²) in [4.78, 5) is 25.8. The lowest BCUT2D eigenvalue weighted by Gasteiger charge is -2.20. The average molecular weight is 831 g/mol. The Morgan fingerprint density at radius 1 is 0.450 bits per heavy atom. The molecule has 0 radical (unpaired) electrons. The summed E-state index contributed by atoms with van der Waals surface area (Å²) < 4.78 is 61.4. The number of benzene rings is 8. The van der Waals surface area contributed by atoms with Gasteiger partial charge in [0.15, 0.2) is 9.84 Å². The first kappa shape index (κ1) is 39.6. The van der Waals surface area contributed by atoms with Crippen LogP contribution in [0.15, 0.2) is 199 Å². The van der Waals surface area contributed by atoms with Gasteiger partial charge in [-0.1, -0.05) is 103 Å². The van der Waals surface area contributed by atoms with Crippen molar-refractivity contribution in [3.8, 4) is 45.3 Å². The van der Waals surface area contributed by atoms with Crippen molar-refractivity contribution >= 4 is 45.4 Å². The summed E-state index contributed by atoms with van der Waals surface area (Å²) in [6, 6.07) is 55.8. The molecule has 0 saturated heterocycles. The average Bonchev–Trinajstić information content (AvgIpc) is 3.27. The van der Waals surface area contributed by atoms with E-state index in [4.69, 9.17) is 18.5 Å². The lowest BCUT2D eigenvalue weighted by Crippen LogP contribution is -2.14. The van der Waals surface area contributed by atoms with E-state index in [1.54, 1.807) is 91.0 Å². The van der Waals surface area contributed by atoms with Crippen LogP contribution in [0.25, 0.3) is 33.0 Å². The zero-order valence-electron chi connectivity index (χ0n) is 32.0. The predicted octanol–water partition coefficient (Wildman–Crippen LogP) is 11.0. The number of rotatable bonds is 12. The third kappa shape index (κ3) is 9.06. The fraction of sp³-hybridized carbons (Fsp3) is 0.0204. The van der Waals surface area contributed by atoms with Gasteiger partial charge in [-0.25, -0.2) is 22.6 Å². The molecule has 9 nitrogen and oxygen atoms in total. The third-order valence-electron chi connectivity index (χ3n) is 9.56. The van der Waals surface area contributed by atoms with Gasteiger partial charge >= 0.3 is 19.5 Å². The molecule has 0 aromatic heterocycles. The zero-order chi connectivity index (χ0) is 41.7. The highest BCUT2D eigenvalue weighted by molar-refractivity contribution is 7.90. The number of sulfone groups is 1. The van der Waals surface area contributed by atoms with Crippen molar-refractivity contribution in [2.75, 3.05) is 6.26 Å². The van der Waals surface area contributed by atoms with Crippen LogP contribution in [-0.4, -0.2) is 26.6 Å².